The zero-order chi connectivity index (χ0) is 15.8. The Bertz CT molecular complexity index is 733. The van der Waals surface area contributed by atoms with Gasteiger partial charge >= 0.3 is 0 Å². The van der Waals surface area contributed by atoms with E-state index in [1.165, 1.54) is 16.3 Å². The van der Waals surface area contributed by atoms with Crippen molar-refractivity contribution in [1.82, 2.24) is 0 Å². The van der Waals surface area contributed by atoms with Crippen LogP contribution in [0.5, 0.6) is 0 Å². The topological polar surface area (TPSA) is 0 Å². The summed E-state index contributed by atoms with van der Waals surface area (Å²) in [6.45, 7) is 7.35. The van der Waals surface area contributed by atoms with Gasteiger partial charge in [-0.05, 0) is 22.8 Å². The maximum absolute atomic E-state index is 4.12. The van der Waals surface area contributed by atoms with Gasteiger partial charge in [-0.2, -0.15) is 0 Å². The summed E-state index contributed by atoms with van der Waals surface area (Å²) in [6.07, 6.45) is 10.2. The molecule has 0 fully saturated rings. The second-order valence-electron chi connectivity index (χ2n) is 7.29. The molecule has 0 N–H and O–H groups in total. The molecule has 0 bridgehead atoms. The highest BCUT2D eigenvalue weighted by atomic mass is 79.9. The Hall–Kier alpha value is -1.12. The van der Waals surface area contributed by atoms with Crippen LogP contribution in [0, 0.1) is 0 Å². The van der Waals surface area contributed by atoms with Crippen molar-refractivity contribution in [3.8, 4) is 0 Å². The molecule has 0 spiro atoms. The molecular weight excluding hydrogens is 348 g/mol. The van der Waals surface area contributed by atoms with Crippen molar-refractivity contribution < 1.29 is 0 Å². The van der Waals surface area contributed by atoms with Crippen LogP contribution in [0.25, 0.3) is 10.8 Å². The van der Waals surface area contributed by atoms with Crippen molar-refractivity contribution in [3.63, 3.8) is 0 Å². The number of alkyl halides is 1. The molecule has 2 unspecified atom stereocenters. The van der Waals surface area contributed by atoms with E-state index in [-0.39, 0.29) is 5.41 Å². The number of allylic oxidation sites excluding steroid dienone is 4. The minimum Gasteiger partial charge on any atom is -0.0912 e. The van der Waals surface area contributed by atoms with Gasteiger partial charge in [-0.3, -0.25) is 0 Å². The van der Waals surface area contributed by atoms with Crippen LogP contribution >= 0.6 is 15.9 Å². The van der Waals surface area contributed by atoms with E-state index in [1.807, 2.05) is 0 Å². The van der Waals surface area contributed by atoms with Gasteiger partial charge in [0.1, 0.15) is 0 Å². The van der Waals surface area contributed by atoms with Crippen molar-refractivity contribution in [1.29, 1.82) is 0 Å². The van der Waals surface area contributed by atoms with E-state index in [4.69, 9.17) is 0 Å². The number of halogens is 1. The van der Waals surface area contributed by atoms with Crippen molar-refractivity contribution in [3.05, 3.63) is 72.3 Å². The molecule has 2 atom stereocenters. The quantitative estimate of drug-likeness (QED) is 0.443. The summed E-state index contributed by atoms with van der Waals surface area (Å²) >= 11 is 4.12. The summed E-state index contributed by atoms with van der Waals surface area (Å²) in [4.78, 5) is 0. The van der Waals surface area contributed by atoms with Gasteiger partial charge in [-0.25, -0.2) is 0 Å². The molecule has 1 aliphatic carbocycles. The Kier molecular flexibility index (Phi) is 4.17. The zero-order valence-corrected chi connectivity index (χ0v) is 16.1. The van der Waals surface area contributed by atoms with Crippen LogP contribution in [0.15, 0.2) is 66.8 Å². The van der Waals surface area contributed by atoms with Gasteiger partial charge in [-0.1, -0.05) is 102 Å². The van der Waals surface area contributed by atoms with Crippen LogP contribution < -0.4 is 0 Å². The van der Waals surface area contributed by atoms with Crippen molar-refractivity contribution >= 4 is 34.8 Å². The summed E-state index contributed by atoms with van der Waals surface area (Å²) in [5.74, 6) is 0. The lowest BCUT2D eigenvalue weighted by Gasteiger charge is -2.43. The molecule has 2 heteroatoms. The third-order valence-corrected chi connectivity index (χ3v) is 11.6. The number of rotatable bonds is 3. The van der Waals surface area contributed by atoms with Gasteiger partial charge in [0.05, 0.1) is 8.07 Å². The van der Waals surface area contributed by atoms with Crippen LogP contribution in [0.3, 0.4) is 0 Å². The van der Waals surface area contributed by atoms with Gasteiger partial charge in [-0.15, -0.1) is 0 Å². The molecular formula is C20H23BrSi. The molecule has 0 aliphatic heterocycles. The standard InChI is InChI=1S/C20H23BrSi/c1-22(2,3)19(21)20(14-7-4-8-15-20)18-13-9-11-16-10-5-6-12-17(16)18/h4-14,19H,15H2,1-3H3. The monoisotopic (exact) mass is 370 g/mol. The maximum Gasteiger partial charge on any atom is 0.0611 e. The first-order valence-corrected chi connectivity index (χ1v) is 12.4. The molecule has 0 heterocycles. The minimum atomic E-state index is -1.36. The summed E-state index contributed by atoms with van der Waals surface area (Å²) in [5, 5.41) is 2.71. The molecule has 2 aromatic rings. The Morgan fingerprint density at radius 3 is 2.41 bits per heavy atom. The van der Waals surface area contributed by atoms with E-state index in [0.29, 0.717) is 4.45 Å². The maximum atomic E-state index is 4.12. The molecule has 0 saturated heterocycles. The van der Waals surface area contributed by atoms with E-state index >= 15 is 0 Å². The van der Waals surface area contributed by atoms with Crippen LogP contribution in [-0.4, -0.2) is 12.5 Å². The van der Waals surface area contributed by atoms with Crippen molar-refractivity contribution in [2.45, 2.75) is 35.9 Å². The highest BCUT2D eigenvalue weighted by Gasteiger charge is 2.44. The lowest BCUT2D eigenvalue weighted by Crippen LogP contribution is -2.49. The second kappa shape index (κ2) is 5.82. The molecule has 0 radical (unpaired) electrons. The van der Waals surface area contributed by atoms with Gasteiger partial charge in [0, 0.05) is 9.87 Å². The summed E-state index contributed by atoms with van der Waals surface area (Å²) in [5.41, 5.74) is 1.51. The molecule has 22 heavy (non-hydrogen) atoms. The van der Waals surface area contributed by atoms with Crippen molar-refractivity contribution in [2.75, 3.05) is 0 Å². The van der Waals surface area contributed by atoms with Crippen LogP contribution in [0.2, 0.25) is 19.6 Å². The fourth-order valence-electron chi connectivity index (χ4n) is 3.57. The first kappa shape index (κ1) is 15.8. The fraction of sp³-hybridized carbons (Fsp3) is 0.300. The van der Waals surface area contributed by atoms with Crippen LogP contribution in [0.1, 0.15) is 12.0 Å². The molecule has 0 nitrogen and oxygen atoms in total. The van der Waals surface area contributed by atoms with Gasteiger partial charge in [0.25, 0.3) is 0 Å². The first-order valence-electron chi connectivity index (χ1n) is 7.92. The Morgan fingerprint density at radius 2 is 1.73 bits per heavy atom. The predicted molar refractivity (Wildman–Crippen MR) is 105 cm³/mol. The van der Waals surface area contributed by atoms with Gasteiger partial charge in [0.2, 0.25) is 0 Å². The first-order chi connectivity index (χ1) is 10.5. The highest BCUT2D eigenvalue weighted by Crippen LogP contribution is 2.45. The third-order valence-electron chi connectivity index (χ3n) is 4.60. The van der Waals surface area contributed by atoms with Gasteiger partial charge in [0.15, 0.2) is 0 Å². The third kappa shape index (κ3) is 2.63. The number of benzene rings is 2. The van der Waals surface area contributed by atoms with E-state index in [9.17, 15) is 0 Å². The highest BCUT2D eigenvalue weighted by molar-refractivity contribution is 9.10. The lowest BCUT2D eigenvalue weighted by atomic mass is 9.75. The van der Waals surface area contributed by atoms with E-state index < -0.39 is 8.07 Å². The molecule has 0 aromatic heterocycles. The fourth-order valence-corrected chi connectivity index (χ4v) is 6.07. The summed E-state index contributed by atoms with van der Waals surface area (Å²) < 4.78 is 0.500. The average molecular weight is 371 g/mol. The Labute approximate surface area is 143 Å². The molecule has 1 aliphatic rings. The Balaban J connectivity index is 2.26. The summed E-state index contributed by atoms with van der Waals surface area (Å²) in [7, 11) is -1.36. The normalized spacial score (nSPS) is 22.9. The second-order valence-corrected chi connectivity index (χ2v) is 14.4. The van der Waals surface area contributed by atoms with E-state index in [2.05, 4.69) is 102 Å². The largest absolute Gasteiger partial charge is 0.0912 e. The number of hydrogen-bond acceptors (Lipinski definition) is 0. The lowest BCUT2D eigenvalue weighted by molar-refractivity contribution is 0.583. The van der Waals surface area contributed by atoms with E-state index in [0.717, 1.165) is 6.42 Å². The molecule has 0 saturated carbocycles. The summed E-state index contributed by atoms with van der Waals surface area (Å²) in [6, 6.07) is 15.5. The van der Waals surface area contributed by atoms with E-state index in [1.54, 1.807) is 0 Å². The number of fused-ring (bicyclic) bond motifs is 1. The van der Waals surface area contributed by atoms with Crippen molar-refractivity contribution in [2.24, 2.45) is 0 Å². The molecule has 2 aromatic carbocycles. The average Bonchev–Trinajstić information content (AvgIpc) is 2.53. The zero-order valence-electron chi connectivity index (χ0n) is 13.5. The molecule has 114 valence electrons. The molecule has 0 amide bonds. The smallest absolute Gasteiger partial charge is 0.0611 e. The van der Waals surface area contributed by atoms with Crippen LogP contribution in [0.4, 0.5) is 0 Å². The minimum absolute atomic E-state index is 0.0556. The SMILES string of the molecule is C[Si](C)(C)C(Br)C1(c2cccc3ccccc23)C=CC=CC1. The number of hydrogen-bond donors (Lipinski definition) is 0. The van der Waals surface area contributed by atoms with Crippen LogP contribution in [-0.2, 0) is 5.41 Å². The Morgan fingerprint density at radius 1 is 1.00 bits per heavy atom. The predicted octanol–water partition coefficient (Wildman–Crippen LogP) is 6.23. The molecule has 3 rings (SSSR count). The van der Waals surface area contributed by atoms with Gasteiger partial charge < -0.3 is 0 Å².